The molecule has 0 N–H and O–H groups in total. The van der Waals surface area contributed by atoms with Crippen molar-refractivity contribution in [2.75, 3.05) is 13.1 Å². The molecule has 1 amide bonds. The average Bonchev–Trinajstić information content (AvgIpc) is 3.30. The third-order valence-corrected chi connectivity index (χ3v) is 5.30. The lowest BCUT2D eigenvalue weighted by Gasteiger charge is -2.32. The monoisotopic (exact) mass is 375 g/mol. The van der Waals surface area contributed by atoms with E-state index in [1.165, 1.54) is 5.56 Å². The van der Waals surface area contributed by atoms with Gasteiger partial charge in [0.1, 0.15) is 6.33 Å². The number of rotatable bonds is 6. The second-order valence-electron chi connectivity index (χ2n) is 7.29. The van der Waals surface area contributed by atoms with Crippen LogP contribution in [0.5, 0.6) is 0 Å². The molecule has 1 aromatic carbocycles. The first-order valence-electron chi connectivity index (χ1n) is 9.91. The zero-order chi connectivity index (χ0) is 19.2. The minimum Gasteiger partial charge on any atom is -0.342 e. The number of hydrogen-bond acceptors (Lipinski definition) is 4. The predicted molar refractivity (Wildman–Crippen MR) is 107 cm³/mol. The highest BCUT2D eigenvalue weighted by Crippen LogP contribution is 2.26. The molecule has 6 nitrogen and oxygen atoms in total. The first-order valence-corrected chi connectivity index (χ1v) is 9.91. The summed E-state index contributed by atoms with van der Waals surface area (Å²) in [6.45, 7) is 1.57. The van der Waals surface area contributed by atoms with E-state index in [0.29, 0.717) is 6.42 Å². The van der Waals surface area contributed by atoms with E-state index in [9.17, 15) is 4.79 Å². The summed E-state index contributed by atoms with van der Waals surface area (Å²) in [5.74, 6) is 1.25. The number of benzene rings is 1. The molecule has 6 heteroatoms. The molecule has 1 saturated heterocycles. The van der Waals surface area contributed by atoms with Crippen molar-refractivity contribution in [1.82, 2.24) is 24.4 Å². The van der Waals surface area contributed by atoms with Gasteiger partial charge in [-0.3, -0.25) is 14.3 Å². The Kier molecular flexibility index (Phi) is 5.75. The van der Waals surface area contributed by atoms with Gasteiger partial charge in [-0.05, 0) is 31.2 Å². The van der Waals surface area contributed by atoms with E-state index in [1.807, 2.05) is 40.1 Å². The first-order chi connectivity index (χ1) is 13.8. The lowest BCUT2D eigenvalue weighted by molar-refractivity contribution is -0.132. The number of amides is 1. The van der Waals surface area contributed by atoms with Crippen molar-refractivity contribution in [3.63, 3.8) is 0 Å². The van der Waals surface area contributed by atoms with Crippen LogP contribution in [0.15, 0.2) is 61.4 Å². The normalized spacial score (nSPS) is 16.9. The molecule has 3 aromatic rings. The maximum atomic E-state index is 12.7. The van der Waals surface area contributed by atoms with E-state index in [2.05, 4.69) is 22.1 Å². The molecule has 0 spiro atoms. The van der Waals surface area contributed by atoms with Crippen LogP contribution in [0, 0.1) is 0 Å². The second kappa shape index (κ2) is 8.78. The lowest BCUT2D eigenvalue weighted by atomic mass is 9.94. The van der Waals surface area contributed by atoms with Crippen molar-refractivity contribution in [2.45, 2.75) is 38.0 Å². The molecule has 0 unspecified atom stereocenters. The van der Waals surface area contributed by atoms with Gasteiger partial charge >= 0.3 is 0 Å². The Morgan fingerprint density at radius 3 is 2.86 bits per heavy atom. The third-order valence-electron chi connectivity index (χ3n) is 5.30. The largest absolute Gasteiger partial charge is 0.342 e. The Labute approximate surface area is 165 Å². The molecule has 1 aliphatic heterocycles. The summed E-state index contributed by atoms with van der Waals surface area (Å²) in [4.78, 5) is 27.9. The Morgan fingerprint density at radius 1 is 1.14 bits per heavy atom. The third kappa shape index (κ3) is 4.44. The van der Waals surface area contributed by atoms with Crippen molar-refractivity contribution in [3.05, 3.63) is 72.7 Å². The number of carbonyl (C=O) groups is 1. The standard InChI is InChI=1S/C22H25N5O/c28-22(10-4-8-18-6-2-1-3-7-18)26-12-5-9-19(16-26)20-14-24-15-21(25-20)27-13-11-23-17-27/h1-3,6-7,11,13-15,17,19H,4-5,8-10,12,16H2/t19-/m0/s1. The highest BCUT2D eigenvalue weighted by Gasteiger charge is 2.25. The van der Waals surface area contributed by atoms with Crippen LogP contribution in [0.1, 0.15) is 42.9 Å². The Balaban J connectivity index is 1.35. The number of nitrogens with zero attached hydrogens (tertiary/aromatic N) is 5. The zero-order valence-electron chi connectivity index (χ0n) is 15.9. The molecule has 3 heterocycles. The van der Waals surface area contributed by atoms with Crippen molar-refractivity contribution in [3.8, 4) is 5.82 Å². The zero-order valence-corrected chi connectivity index (χ0v) is 15.9. The quantitative estimate of drug-likeness (QED) is 0.662. The minimum atomic E-state index is 0.239. The molecular weight excluding hydrogens is 350 g/mol. The summed E-state index contributed by atoms with van der Waals surface area (Å²) < 4.78 is 1.85. The highest BCUT2D eigenvalue weighted by atomic mass is 16.2. The van der Waals surface area contributed by atoms with Crippen LogP contribution < -0.4 is 0 Å². The number of likely N-dealkylation sites (tertiary alicyclic amines) is 1. The molecular formula is C22H25N5O. The molecule has 1 aliphatic rings. The number of imidazole rings is 1. The van der Waals surface area contributed by atoms with Gasteiger partial charge in [0.25, 0.3) is 0 Å². The molecule has 1 fully saturated rings. The predicted octanol–water partition coefficient (Wildman–Crippen LogP) is 3.39. The van der Waals surface area contributed by atoms with Crippen LogP contribution in [0.25, 0.3) is 5.82 Å². The fourth-order valence-corrected chi connectivity index (χ4v) is 3.78. The minimum absolute atomic E-state index is 0.239. The van der Waals surface area contributed by atoms with Crippen LogP contribution in [0.4, 0.5) is 0 Å². The van der Waals surface area contributed by atoms with Gasteiger partial charge < -0.3 is 4.90 Å². The fourth-order valence-electron chi connectivity index (χ4n) is 3.78. The van der Waals surface area contributed by atoms with E-state index < -0.39 is 0 Å². The number of hydrogen-bond donors (Lipinski definition) is 0. The van der Waals surface area contributed by atoms with E-state index in [0.717, 1.165) is 50.3 Å². The van der Waals surface area contributed by atoms with Gasteiger partial charge in [0.05, 0.1) is 11.9 Å². The van der Waals surface area contributed by atoms with Crippen molar-refractivity contribution in [2.24, 2.45) is 0 Å². The van der Waals surface area contributed by atoms with E-state index >= 15 is 0 Å². The molecule has 1 atom stereocenters. The number of aryl methyl sites for hydroxylation is 1. The average molecular weight is 375 g/mol. The summed E-state index contributed by atoms with van der Waals surface area (Å²) in [6.07, 6.45) is 13.3. The maximum absolute atomic E-state index is 12.7. The van der Waals surface area contributed by atoms with Gasteiger partial charge in [0, 0.05) is 44.0 Å². The van der Waals surface area contributed by atoms with Crippen LogP contribution in [0.2, 0.25) is 0 Å². The van der Waals surface area contributed by atoms with Crippen molar-refractivity contribution in [1.29, 1.82) is 0 Å². The number of aromatic nitrogens is 4. The second-order valence-corrected chi connectivity index (χ2v) is 7.29. The van der Waals surface area contributed by atoms with Gasteiger partial charge in [-0.1, -0.05) is 30.3 Å². The van der Waals surface area contributed by atoms with Crippen LogP contribution >= 0.6 is 0 Å². The van der Waals surface area contributed by atoms with Crippen LogP contribution in [0.3, 0.4) is 0 Å². The van der Waals surface area contributed by atoms with Crippen LogP contribution in [-0.2, 0) is 11.2 Å². The molecule has 4 rings (SSSR count). The van der Waals surface area contributed by atoms with E-state index in [1.54, 1.807) is 18.7 Å². The summed E-state index contributed by atoms with van der Waals surface area (Å²) in [6, 6.07) is 10.4. The fraction of sp³-hybridized carbons (Fsp3) is 0.364. The van der Waals surface area contributed by atoms with Crippen molar-refractivity contribution >= 4 is 5.91 Å². The Morgan fingerprint density at radius 2 is 2.04 bits per heavy atom. The SMILES string of the molecule is O=C(CCCc1ccccc1)N1CCC[C@H](c2cncc(-n3ccnc3)n2)C1. The highest BCUT2D eigenvalue weighted by molar-refractivity contribution is 5.76. The first kappa shape index (κ1) is 18.3. The summed E-state index contributed by atoms with van der Waals surface area (Å²) in [5.41, 5.74) is 2.24. The van der Waals surface area contributed by atoms with Crippen LogP contribution in [-0.4, -0.2) is 43.4 Å². The summed E-state index contributed by atoms with van der Waals surface area (Å²) in [7, 11) is 0. The van der Waals surface area contributed by atoms with E-state index in [4.69, 9.17) is 4.98 Å². The Hall–Kier alpha value is -3.02. The van der Waals surface area contributed by atoms with Crippen molar-refractivity contribution < 1.29 is 4.79 Å². The summed E-state index contributed by atoms with van der Waals surface area (Å²) in [5, 5.41) is 0. The summed E-state index contributed by atoms with van der Waals surface area (Å²) >= 11 is 0. The van der Waals surface area contributed by atoms with Gasteiger partial charge in [-0.2, -0.15) is 0 Å². The smallest absolute Gasteiger partial charge is 0.222 e. The molecule has 2 aromatic heterocycles. The molecule has 0 radical (unpaired) electrons. The topological polar surface area (TPSA) is 63.9 Å². The number of carbonyl (C=O) groups excluding carboxylic acids is 1. The molecule has 144 valence electrons. The van der Waals surface area contributed by atoms with Gasteiger partial charge in [0.2, 0.25) is 5.91 Å². The van der Waals surface area contributed by atoms with Gasteiger partial charge in [0.15, 0.2) is 5.82 Å². The molecule has 28 heavy (non-hydrogen) atoms. The molecule has 0 aliphatic carbocycles. The number of piperidine rings is 1. The molecule has 0 bridgehead atoms. The van der Waals surface area contributed by atoms with Gasteiger partial charge in [-0.25, -0.2) is 9.97 Å². The Bertz CT molecular complexity index is 894. The van der Waals surface area contributed by atoms with Gasteiger partial charge in [-0.15, -0.1) is 0 Å². The molecule has 0 saturated carbocycles. The maximum Gasteiger partial charge on any atom is 0.222 e. The lowest BCUT2D eigenvalue weighted by Crippen LogP contribution is -2.39. The van der Waals surface area contributed by atoms with E-state index in [-0.39, 0.29) is 11.8 Å².